The number of halogens is 3. The molecule has 2 aromatic rings. The first kappa shape index (κ1) is 17.2. The zero-order chi connectivity index (χ0) is 17.9. The number of fused-ring (bicyclic) bond motifs is 1. The van der Waals surface area contributed by atoms with Gasteiger partial charge in [-0.2, -0.15) is 0 Å². The first-order chi connectivity index (χ1) is 11.9. The Hall–Kier alpha value is -2.64. The highest BCUT2D eigenvalue weighted by atomic mass is 19.4. The van der Waals surface area contributed by atoms with Crippen molar-refractivity contribution in [1.82, 2.24) is 10.6 Å². The highest BCUT2D eigenvalue weighted by molar-refractivity contribution is 5.74. The molecular weight excluding hydrogens is 337 g/mol. The van der Waals surface area contributed by atoms with E-state index < -0.39 is 12.4 Å². The number of furan rings is 1. The van der Waals surface area contributed by atoms with Crippen molar-refractivity contribution in [3.8, 4) is 5.75 Å². The molecule has 0 unspecified atom stereocenters. The zero-order valence-electron chi connectivity index (χ0n) is 13.2. The van der Waals surface area contributed by atoms with Crippen molar-refractivity contribution in [3.63, 3.8) is 0 Å². The van der Waals surface area contributed by atoms with Gasteiger partial charge in [-0.15, -0.1) is 13.2 Å². The van der Waals surface area contributed by atoms with Crippen LogP contribution >= 0.6 is 0 Å². The van der Waals surface area contributed by atoms with Crippen molar-refractivity contribution in [2.45, 2.75) is 38.2 Å². The Morgan fingerprint density at radius 1 is 1.28 bits per heavy atom. The number of urea groups is 1. The normalized spacial score (nSPS) is 16.8. The number of para-hydroxylation sites is 1. The summed E-state index contributed by atoms with van der Waals surface area (Å²) in [5.41, 5.74) is 1.19. The van der Waals surface area contributed by atoms with Crippen molar-refractivity contribution in [2.75, 3.05) is 0 Å². The largest absolute Gasteiger partial charge is 0.573 e. The minimum absolute atomic E-state index is 0.0803. The highest BCUT2D eigenvalue weighted by Crippen LogP contribution is 2.30. The molecule has 1 heterocycles. The molecule has 0 spiro atoms. The van der Waals surface area contributed by atoms with E-state index in [9.17, 15) is 18.0 Å². The van der Waals surface area contributed by atoms with E-state index in [1.807, 2.05) is 6.07 Å². The minimum atomic E-state index is -4.78. The summed E-state index contributed by atoms with van der Waals surface area (Å²) in [5, 5.41) is 5.39. The molecule has 25 heavy (non-hydrogen) atoms. The third-order valence-electron chi connectivity index (χ3n) is 3.99. The molecule has 0 bridgehead atoms. The number of carbonyl (C=O) groups excluding carboxylic acids is 1. The molecular formula is C17H17F3N2O3. The van der Waals surface area contributed by atoms with E-state index in [2.05, 4.69) is 15.4 Å². The molecule has 3 rings (SSSR count). The van der Waals surface area contributed by atoms with Crippen LogP contribution in [-0.4, -0.2) is 12.4 Å². The second-order valence-electron chi connectivity index (χ2n) is 5.73. The maximum Gasteiger partial charge on any atom is 0.573 e. The number of hydrogen-bond acceptors (Lipinski definition) is 3. The average Bonchev–Trinajstić information content (AvgIpc) is 3.02. The highest BCUT2D eigenvalue weighted by Gasteiger charge is 2.32. The van der Waals surface area contributed by atoms with Crippen LogP contribution in [0.5, 0.6) is 5.75 Å². The van der Waals surface area contributed by atoms with Gasteiger partial charge in [0.2, 0.25) is 0 Å². The number of amides is 2. The molecule has 134 valence electrons. The Bertz CT molecular complexity index is 743. The Morgan fingerprint density at radius 3 is 2.88 bits per heavy atom. The van der Waals surface area contributed by atoms with Gasteiger partial charge in [0.05, 0.1) is 12.3 Å². The first-order valence-corrected chi connectivity index (χ1v) is 7.86. The van der Waals surface area contributed by atoms with Gasteiger partial charge in [-0.25, -0.2) is 4.79 Å². The molecule has 1 aromatic heterocycles. The smallest absolute Gasteiger partial charge is 0.469 e. The minimum Gasteiger partial charge on any atom is -0.469 e. The number of alkyl halides is 3. The maximum absolute atomic E-state index is 12.4. The van der Waals surface area contributed by atoms with Gasteiger partial charge >= 0.3 is 12.4 Å². The number of aryl methyl sites for hydroxylation is 1. The van der Waals surface area contributed by atoms with Gasteiger partial charge in [-0.05, 0) is 25.0 Å². The first-order valence-electron chi connectivity index (χ1n) is 7.86. The van der Waals surface area contributed by atoms with Crippen LogP contribution in [0.15, 0.2) is 41.0 Å². The Balaban J connectivity index is 1.59. The number of carbonyl (C=O) groups is 1. The number of hydrogen-bond donors (Lipinski definition) is 2. The maximum atomic E-state index is 12.4. The molecule has 0 radical (unpaired) electrons. The van der Waals surface area contributed by atoms with Crippen molar-refractivity contribution >= 4 is 6.03 Å². The fourth-order valence-corrected chi connectivity index (χ4v) is 2.90. The van der Waals surface area contributed by atoms with Gasteiger partial charge in [0, 0.05) is 24.1 Å². The molecule has 2 N–H and O–H groups in total. The molecule has 8 heteroatoms. The topological polar surface area (TPSA) is 63.5 Å². The molecule has 1 atom stereocenters. The Labute approximate surface area is 142 Å². The zero-order valence-corrected chi connectivity index (χ0v) is 13.2. The molecule has 1 aromatic carbocycles. The van der Waals surface area contributed by atoms with Crippen molar-refractivity contribution in [1.29, 1.82) is 0 Å². The molecule has 0 saturated heterocycles. The van der Waals surface area contributed by atoms with Gasteiger partial charge in [-0.3, -0.25) is 0 Å². The number of benzene rings is 1. The molecule has 1 aliphatic carbocycles. The Morgan fingerprint density at radius 2 is 2.08 bits per heavy atom. The quantitative estimate of drug-likeness (QED) is 0.870. The second kappa shape index (κ2) is 7.08. The molecule has 0 saturated carbocycles. The predicted molar refractivity (Wildman–Crippen MR) is 82.9 cm³/mol. The van der Waals surface area contributed by atoms with E-state index in [4.69, 9.17) is 4.42 Å². The standard InChI is InChI=1S/C17H17F3N2O3/c18-17(19,20)25-14-6-2-1-4-11(14)10-21-16(23)22-13-5-3-7-15-12(13)8-9-24-15/h1-2,4,6,8-9,13H,3,5,7,10H2,(H2,21,22,23)/t13-/m1/s1. The summed E-state index contributed by atoms with van der Waals surface area (Å²) in [4.78, 5) is 12.1. The molecule has 0 fully saturated rings. The average molecular weight is 354 g/mol. The lowest BCUT2D eigenvalue weighted by atomic mass is 9.93. The van der Waals surface area contributed by atoms with Crippen molar-refractivity contribution in [3.05, 3.63) is 53.5 Å². The summed E-state index contributed by atoms with van der Waals surface area (Å²) in [5.74, 6) is 0.533. The summed E-state index contributed by atoms with van der Waals surface area (Å²) >= 11 is 0. The SMILES string of the molecule is O=C(NCc1ccccc1OC(F)(F)F)N[C@@H]1CCCc2occc21. The van der Waals surface area contributed by atoms with Crippen LogP contribution in [0.1, 0.15) is 35.8 Å². The monoisotopic (exact) mass is 354 g/mol. The lowest BCUT2D eigenvalue weighted by Gasteiger charge is -2.23. The lowest BCUT2D eigenvalue weighted by Crippen LogP contribution is -2.38. The summed E-state index contributed by atoms with van der Waals surface area (Å²) in [6.45, 7) is -0.0803. The van der Waals surface area contributed by atoms with Crippen LogP contribution in [0.2, 0.25) is 0 Å². The number of rotatable bonds is 4. The van der Waals surface area contributed by atoms with E-state index in [1.54, 1.807) is 12.3 Å². The van der Waals surface area contributed by atoms with Crippen LogP contribution in [-0.2, 0) is 13.0 Å². The fraction of sp³-hybridized carbons (Fsp3) is 0.353. The predicted octanol–water partition coefficient (Wildman–Crippen LogP) is 4.06. The van der Waals surface area contributed by atoms with Gasteiger partial charge in [0.1, 0.15) is 11.5 Å². The fourth-order valence-electron chi connectivity index (χ4n) is 2.90. The van der Waals surface area contributed by atoms with Gasteiger partial charge in [0.15, 0.2) is 0 Å². The van der Waals surface area contributed by atoms with Crippen LogP contribution in [0, 0.1) is 0 Å². The lowest BCUT2D eigenvalue weighted by molar-refractivity contribution is -0.274. The Kier molecular flexibility index (Phi) is 4.87. The molecule has 5 nitrogen and oxygen atoms in total. The van der Waals surface area contributed by atoms with Crippen LogP contribution in [0.3, 0.4) is 0 Å². The second-order valence-corrected chi connectivity index (χ2v) is 5.73. The summed E-state index contributed by atoms with van der Waals surface area (Å²) in [7, 11) is 0. The third kappa shape index (κ3) is 4.46. The van der Waals surface area contributed by atoms with E-state index in [0.717, 1.165) is 30.6 Å². The van der Waals surface area contributed by atoms with Gasteiger partial charge < -0.3 is 19.8 Å². The van der Waals surface area contributed by atoms with Gasteiger partial charge in [0.25, 0.3) is 0 Å². The van der Waals surface area contributed by atoms with Crippen molar-refractivity contribution in [2.24, 2.45) is 0 Å². The molecule has 2 amide bonds. The van der Waals surface area contributed by atoms with E-state index >= 15 is 0 Å². The number of ether oxygens (including phenoxy) is 1. The van der Waals surface area contributed by atoms with Crippen LogP contribution < -0.4 is 15.4 Å². The third-order valence-corrected chi connectivity index (χ3v) is 3.99. The van der Waals surface area contributed by atoms with Crippen LogP contribution in [0.4, 0.5) is 18.0 Å². The summed E-state index contributed by atoms with van der Waals surface area (Å²) in [6.07, 6.45) is -0.669. The van der Waals surface area contributed by atoms with E-state index in [0.29, 0.717) is 0 Å². The van der Waals surface area contributed by atoms with E-state index in [-0.39, 0.29) is 23.9 Å². The van der Waals surface area contributed by atoms with Crippen molar-refractivity contribution < 1.29 is 27.1 Å². The molecule has 1 aliphatic rings. The summed E-state index contributed by atoms with van der Waals surface area (Å²) < 4.78 is 46.6. The van der Waals surface area contributed by atoms with Crippen LogP contribution in [0.25, 0.3) is 0 Å². The summed E-state index contributed by atoms with van der Waals surface area (Å²) in [6, 6.07) is 6.90. The van der Waals surface area contributed by atoms with E-state index in [1.165, 1.54) is 18.2 Å². The molecule has 0 aliphatic heterocycles. The van der Waals surface area contributed by atoms with Gasteiger partial charge in [-0.1, -0.05) is 18.2 Å². The number of nitrogens with one attached hydrogen (secondary N) is 2.